The zero-order chi connectivity index (χ0) is 13.1. The summed E-state index contributed by atoms with van der Waals surface area (Å²) in [5.41, 5.74) is -0.470. The van der Waals surface area contributed by atoms with Crippen molar-refractivity contribution in [3.8, 4) is 0 Å². The monoisotopic (exact) mass is 242 g/mol. The Labute approximate surface area is 99.2 Å². The van der Waals surface area contributed by atoms with E-state index in [1.807, 2.05) is 0 Å². The van der Waals surface area contributed by atoms with Gasteiger partial charge in [-0.2, -0.15) is 0 Å². The fourth-order valence-electron chi connectivity index (χ4n) is 1.18. The predicted octanol–water partition coefficient (Wildman–Crippen LogP) is 1.58. The van der Waals surface area contributed by atoms with Crippen LogP contribution in [-0.4, -0.2) is 18.5 Å². The number of rotatable bonds is 4. The van der Waals surface area contributed by atoms with E-state index in [4.69, 9.17) is 0 Å². The first kappa shape index (κ1) is 13.6. The summed E-state index contributed by atoms with van der Waals surface area (Å²) in [6.45, 7) is 3.46. The Kier molecular flexibility index (Phi) is 4.17. The molecule has 0 spiro atoms. The summed E-state index contributed by atoms with van der Waals surface area (Å²) in [5.74, 6) is -1.54. The fourth-order valence-corrected chi connectivity index (χ4v) is 1.18. The third kappa shape index (κ3) is 3.49. The molecule has 0 aliphatic rings. The second kappa shape index (κ2) is 5.23. The van der Waals surface area contributed by atoms with Gasteiger partial charge in [-0.3, -0.25) is 4.79 Å². The summed E-state index contributed by atoms with van der Waals surface area (Å²) in [6, 6.07) is 3.27. The molecule has 0 aliphatic heterocycles. The molecular formula is C12H16F2N2O. The molecule has 1 rings (SSSR count). The van der Waals surface area contributed by atoms with Crippen LogP contribution in [0.4, 0.5) is 8.78 Å². The van der Waals surface area contributed by atoms with Crippen LogP contribution in [0, 0.1) is 11.6 Å². The van der Waals surface area contributed by atoms with Crippen LogP contribution in [0.25, 0.3) is 0 Å². The molecule has 0 fully saturated rings. The molecule has 1 aromatic carbocycles. The quantitative estimate of drug-likeness (QED) is 0.841. The first-order valence-corrected chi connectivity index (χ1v) is 5.28. The Balaban J connectivity index is 2.65. The number of likely N-dealkylation sites (N-methyl/N-ethyl adjacent to an activating group) is 1. The van der Waals surface area contributed by atoms with Gasteiger partial charge in [-0.15, -0.1) is 0 Å². The first-order chi connectivity index (χ1) is 7.86. The van der Waals surface area contributed by atoms with E-state index in [-0.39, 0.29) is 18.0 Å². The minimum absolute atomic E-state index is 0.0378. The molecule has 0 saturated carbocycles. The second-order valence-corrected chi connectivity index (χ2v) is 4.29. The summed E-state index contributed by atoms with van der Waals surface area (Å²) in [5, 5.41) is 5.42. The summed E-state index contributed by atoms with van der Waals surface area (Å²) in [6.07, 6.45) is 0. The van der Waals surface area contributed by atoms with Gasteiger partial charge in [0.15, 0.2) is 0 Å². The summed E-state index contributed by atoms with van der Waals surface area (Å²) >= 11 is 0. The van der Waals surface area contributed by atoms with Crippen LogP contribution in [0.1, 0.15) is 19.4 Å². The van der Waals surface area contributed by atoms with Gasteiger partial charge >= 0.3 is 0 Å². The molecule has 0 radical (unpaired) electrons. The molecule has 17 heavy (non-hydrogen) atoms. The zero-order valence-corrected chi connectivity index (χ0v) is 10.1. The van der Waals surface area contributed by atoms with E-state index in [2.05, 4.69) is 10.6 Å². The Morgan fingerprint density at radius 3 is 2.53 bits per heavy atom. The lowest BCUT2D eigenvalue weighted by Gasteiger charge is -2.22. The Bertz CT molecular complexity index is 419. The average molecular weight is 242 g/mol. The molecule has 1 amide bonds. The number of carbonyl (C=O) groups excluding carboxylic acids is 1. The molecule has 1 aromatic rings. The van der Waals surface area contributed by atoms with Gasteiger partial charge in [0.2, 0.25) is 5.91 Å². The minimum Gasteiger partial charge on any atom is -0.350 e. The van der Waals surface area contributed by atoms with E-state index in [0.717, 1.165) is 12.1 Å². The SMILES string of the molecule is CNC(C)(C)C(=O)NCc1ccc(F)cc1F. The molecule has 2 N–H and O–H groups in total. The highest BCUT2D eigenvalue weighted by Gasteiger charge is 2.24. The van der Waals surface area contributed by atoms with Gasteiger partial charge in [0.1, 0.15) is 11.6 Å². The highest BCUT2D eigenvalue weighted by atomic mass is 19.1. The van der Waals surface area contributed by atoms with Crippen molar-refractivity contribution >= 4 is 5.91 Å². The van der Waals surface area contributed by atoms with Gasteiger partial charge < -0.3 is 10.6 Å². The summed E-state index contributed by atoms with van der Waals surface area (Å²) < 4.78 is 25.9. The van der Waals surface area contributed by atoms with E-state index in [1.54, 1.807) is 20.9 Å². The maximum atomic E-state index is 13.3. The number of halogens is 2. The van der Waals surface area contributed by atoms with Crippen molar-refractivity contribution in [2.24, 2.45) is 0 Å². The van der Waals surface area contributed by atoms with Crippen molar-refractivity contribution in [1.29, 1.82) is 0 Å². The van der Waals surface area contributed by atoms with E-state index in [1.165, 1.54) is 6.07 Å². The molecule has 0 aromatic heterocycles. The van der Waals surface area contributed by atoms with Gasteiger partial charge in [-0.1, -0.05) is 6.07 Å². The first-order valence-electron chi connectivity index (χ1n) is 5.28. The van der Waals surface area contributed by atoms with Crippen LogP contribution in [-0.2, 0) is 11.3 Å². The lowest BCUT2D eigenvalue weighted by Crippen LogP contribution is -2.50. The summed E-state index contributed by atoms with van der Waals surface area (Å²) in [4.78, 5) is 11.7. The highest BCUT2D eigenvalue weighted by molar-refractivity contribution is 5.85. The van der Waals surface area contributed by atoms with Crippen molar-refractivity contribution in [3.05, 3.63) is 35.4 Å². The molecule has 3 nitrogen and oxygen atoms in total. The van der Waals surface area contributed by atoms with Crippen LogP contribution in [0.2, 0.25) is 0 Å². The second-order valence-electron chi connectivity index (χ2n) is 4.29. The smallest absolute Gasteiger partial charge is 0.239 e. The fraction of sp³-hybridized carbons (Fsp3) is 0.417. The number of benzene rings is 1. The topological polar surface area (TPSA) is 41.1 Å². The average Bonchev–Trinajstić information content (AvgIpc) is 2.27. The van der Waals surface area contributed by atoms with Crippen LogP contribution in [0.15, 0.2) is 18.2 Å². The number of hydrogen-bond donors (Lipinski definition) is 2. The Morgan fingerprint density at radius 1 is 1.35 bits per heavy atom. The van der Waals surface area contributed by atoms with Gasteiger partial charge in [0.05, 0.1) is 5.54 Å². The van der Waals surface area contributed by atoms with Crippen molar-refractivity contribution in [2.75, 3.05) is 7.05 Å². The van der Waals surface area contributed by atoms with Crippen LogP contribution in [0.5, 0.6) is 0 Å². The van der Waals surface area contributed by atoms with Crippen molar-refractivity contribution < 1.29 is 13.6 Å². The van der Waals surface area contributed by atoms with E-state index in [0.29, 0.717) is 0 Å². The van der Waals surface area contributed by atoms with Gasteiger partial charge in [0, 0.05) is 18.2 Å². The molecular weight excluding hydrogens is 226 g/mol. The molecule has 0 heterocycles. The Morgan fingerprint density at radius 2 is 2.00 bits per heavy atom. The maximum absolute atomic E-state index is 13.3. The molecule has 0 aliphatic carbocycles. The normalized spacial score (nSPS) is 11.4. The molecule has 0 atom stereocenters. The largest absolute Gasteiger partial charge is 0.350 e. The zero-order valence-electron chi connectivity index (χ0n) is 10.1. The van der Waals surface area contributed by atoms with E-state index in [9.17, 15) is 13.6 Å². The van der Waals surface area contributed by atoms with Gasteiger partial charge in [0.25, 0.3) is 0 Å². The molecule has 0 unspecified atom stereocenters. The third-order valence-electron chi connectivity index (χ3n) is 2.65. The van der Waals surface area contributed by atoms with Crippen LogP contribution < -0.4 is 10.6 Å². The van der Waals surface area contributed by atoms with Crippen LogP contribution in [0.3, 0.4) is 0 Å². The number of nitrogens with one attached hydrogen (secondary N) is 2. The molecule has 0 bridgehead atoms. The van der Waals surface area contributed by atoms with Crippen molar-refractivity contribution in [1.82, 2.24) is 10.6 Å². The highest BCUT2D eigenvalue weighted by Crippen LogP contribution is 2.09. The van der Waals surface area contributed by atoms with E-state index < -0.39 is 17.2 Å². The standard InChI is InChI=1S/C12H16F2N2O/c1-12(2,15-3)11(17)16-7-8-4-5-9(13)6-10(8)14/h4-6,15H,7H2,1-3H3,(H,16,17). The minimum atomic E-state index is -0.726. The van der Waals surface area contributed by atoms with Gasteiger partial charge in [-0.25, -0.2) is 8.78 Å². The number of carbonyl (C=O) groups is 1. The lowest BCUT2D eigenvalue weighted by molar-refractivity contribution is -0.126. The van der Waals surface area contributed by atoms with Crippen molar-refractivity contribution in [3.63, 3.8) is 0 Å². The number of hydrogen-bond acceptors (Lipinski definition) is 2. The summed E-state index contributed by atoms with van der Waals surface area (Å²) in [7, 11) is 1.66. The Hall–Kier alpha value is -1.49. The predicted molar refractivity (Wildman–Crippen MR) is 61.3 cm³/mol. The molecule has 5 heteroatoms. The van der Waals surface area contributed by atoms with Gasteiger partial charge in [-0.05, 0) is 27.0 Å². The molecule has 94 valence electrons. The van der Waals surface area contributed by atoms with E-state index >= 15 is 0 Å². The lowest BCUT2D eigenvalue weighted by atomic mass is 10.1. The van der Waals surface area contributed by atoms with Crippen LogP contribution >= 0.6 is 0 Å². The molecule has 0 saturated heterocycles. The van der Waals surface area contributed by atoms with Crippen molar-refractivity contribution in [2.45, 2.75) is 25.9 Å². The number of amides is 1. The maximum Gasteiger partial charge on any atom is 0.239 e. The third-order valence-corrected chi connectivity index (χ3v) is 2.65.